The van der Waals surface area contributed by atoms with Crippen LogP contribution in [0.2, 0.25) is 5.02 Å². The van der Waals surface area contributed by atoms with Crippen LogP contribution >= 0.6 is 11.6 Å². The van der Waals surface area contributed by atoms with Crippen LogP contribution < -0.4 is 0 Å². The quantitative estimate of drug-likeness (QED) is 0.901. The molecule has 3 nitrogen and oxygen atoms in total. The van der Waals surface area contributed by atoms with Gasteiger partial charge in [0, 0.05) is 17.6 Å². The van der Waals surface area contributed by atoms with Crippen LogP contribution in [0.25, 0.3) is 0 Å². The molecule has 0 radical (unpaired) electrons. The van der Waals surface area contributed by atoms with E-state index in [-0.39, 0.29) is 12.0 Å². The van der Waals surface area contributed by atoms with E-state index in [2.05, 4.69) is 11.8 Å². The third-order valence-electron chi connectivity index (χ3n) is 3.47. The zero-order chi connectivity index (χ0) is 12.4. The first-order chi connectivity index (χ1) is 8.09. The van der Waals surface area contributed by atoms with Gasteiger partial charge < -0.3 is 5.11 Å². The molecule has 1 saturated heterocycles. The Balaban J connectivity index is 2.09. The maximum Gasteiger partial charge on any atom is 0.307 e. The maximum absolute atomic E-state index is 10.9. The Hall–Kier alpha value is -1.06. The Bertz CT molecular complexity index is 422. The van der Waals surface area contributed by atoms with E-state index in [9.17, 15) is 4.79 Å². The smallest absolute Gasteiger partial charge is 0.307 e. The lowest BCUT2D eigenvalue weighted by Crippen LogP contribution is -2.26. The van der Waals surface area contributed by atoms with Gasteiger partial charge in [0.25, 0.3) is 0 Å². The summed E-state index contributed by atoms with van der Waals surface area (Å²) in [7, 11) is 0. The second-order valence-corrected chi connectivity index (χ2v) is 4.92. The molecule has 92 valence electrons. The molecule has 0 saturated carbocycles. The molecule has 17 heavy (non-hydrogen) atoms. The number of benzene rings is 1. The number of likely N-dealkylation sites (tertiary alicyclic amines) is 1. The molecule has 2 atom stereocenters. The molecular weight excluding hydrogens is 238 g/mol. The van der Waals surface area contributed by atoms with Gasteiger partial charge >= 0.3 is 5.97 Å². The molecule has 0 amide bonds. The summed E-state index contributed by atoms with van der Waals surface area (Å²) in [5.41, 5.74) is 1.07. The van der Waals surface area contributed by atoms with Crippen molar-refractivity contribution in [3.63, 3.8) is 0 Å². The molecule has 1 aromatic rings. The highest BCUT2D eigenvalue weighted by Gasteiger charge is 2.31. The first-order valence-electron chi connectivity index (χ1n) is 5.81. The van der Waals surface area contributed by atoms with Crippen LogP contribution in [0, 0.1) is 5.92 Å². The highest BCUT2D eigenvalue weighted by Crippen LogP contribution is 2.31. The third kappa shape index (κ3) is 2.61. The molecule has 0 unspecified atom stereocenters. The van der Waals surface area contributed by atoms with Crippen molar-refractivity contribution in [2.24, 2.45) is 5.92 Å². The predicted molar refractivity (Wildman–Crippen MR) is 67.2 cm³/mol. The molecule has 0 aliphatic carbocycles. The van der Waals surface area contributed by atoms with Crippen LogP contribution in [0.3, 0.4) is 0 Å². The first-order valence-corrected chi connectivity index (χ1v) is 6.18. The van der Waals surface area contributed by atoms with E-state index in [1.807, 2.05) is 24.3 Å². The molecule has 1 N–H and O–H groups in total. The van der Waals surface area contributed by atoms with Gasteiger partial charge in [0.15, 0.2) is 0 Å². The van der Waals surface area contributed by atoms with Crippen molar-refractivity contribution in [2.45, 2.75) is 19.4 Å². The van der Waals surface area contributed by atoms with Gasteiger partial charge in [-0.1, -0.05) is 29.8 Å². The van der Waals surface area contributed by atoms with Gasteiger partial charge in [-0.2, -0.15) is 0 Å². The number of carboxylic acid groups (broad SMARTS) is 1. The Labute approximate surface area is 106 Å². The topological polar surface area (TPSA) is 40.5 Å². The summed E-state index contributed by atoms with van der Waals surface area (Å²) < 4.78 is 0. The average molecular weight is 254 g/mol. The fourth-order valence-electron chi connectivity index (χ4n) is 2.35. The van der Waals surface area contributed by atoms with Gasteiger partial charge in [0.2, 0.25) is 0 Å². The monoisotopic (exact) mass is 253 g/mol. The summed E-state index contributed by atoms with van der Waals surface area (Å²) >= 11 is 6.15. The molecular formula is C13H16ClNO2. The summed E-state index contributed by atoms with van der Waals surface area (Å²) in [6.07, 6.45) is 0.726. The predicted octanol–water partition coefficient (Wildman–Crippen LogP) is 2.81. The summed E-state index contributed by atoms with van der Waals surface area (Å²) in [4.78, 5) is 13.1. The van der Waals surface area contributed by atoms with Crippen molar-refractivity contribution in [1.29, 1.82) is 0 Å². The second-order valence-electron chi connectivity index (χ2n) is 4.52. The minimum atomic E-state index is -0.696. The van der Waals surface area contributed by atoms with Gasteiger partial charge in [-0.05, 0) is 31.5 Å². The SMILES string of the molecule is C[C@@H](c1ccccc1Cl)N1CC[C@H](C(=O)O)C1. The van der Waals surface area contributed by atoms with Crippen LogP contribution in [0.15, 0.2) is 24.3 Å². The number of halogens is 1. The molecule has 1 aliphatic rings. The highest BCUT2D eigenvalue weighted by atomic mass is 35.5. The highest BCUT2D eigenvalue weighted by molar-refractivity contribution is 6.31. The van der Waals surface area contributed by atoms with Gasteiger partial charge in [-0.25, -0.2) is 0 Å². The molecule has 1 aromatic carbocycles. The second kappa shape index (κ2) is 5.07. The average Bonchev–Trinajstić information content (AvgIpc) is 2.78. The van der Waals surface area contributed by atoms with E-state index < -0.39 is 5.97 Å². The minimum absolute atomic E-state index is 0.174. The Morgan fingerprint density at radius 3 is 2.82 bits per heavy atom. The van der Waals surface area contributed by atoms with E-state index in [1.54, 1.807) is 0 Å². The number of aliphatic carboxylic acids is 1. The maximum atomic E-state index is 10.9. The molecule has 0 spiro atoms. The fraction of sp³-hybridized carbons (Fsp3) is 0.462. The van der Waals surface area contributed by atoms with Crippen molar-refractivity contribution in [2.75, 3.05) is 13.1 Å². The fourth-order valence-corrected chi connectivity index (χ4v) is 2.64. The normalized spacial score (nSPS) is 22.6. The van der Waals surface area contributed by atoms with E-state index in [0.29, 0.717) is 6.54 Å². The van der Waals surface area contributed by atoms with Crippen LogP contribution in [-0.4, -0.2) is 29.1 Å². The number of hydrogen-bond donors (Lipinski definition) is 1. The molecule has 4 heteroatoms. The lowest BCUT2D eigenvalue weighted by Gasteiger charge is -2.25. The Morgan fingerprint density at radius 1 is 1.53 bits per heavy atom. The van der Waals surface area contributed by atoms with Gasteiger partial charge in [0.05, 0.1) is 5.92 Å². The summed E-state index contributed by atoms with van der Waals surface area (Å²) in [6, 6.07) is 7.91. The summed E-state index contributed by atoms with van der Waals surface area (Å²) in [5.74, 6) is -0.932. The summed E-state index contributed by atoms with van der Waals surface area (Å²) in [5, 5.41) is 9.73. The minimum Gasteiger partial charge on any atom is -0.481 e. The third-order valence-corrected chi connectivity index (χ3v) is 3.82. The summed E-state index contributed by atoms with van der Waals surface area (Å²) in [6.45, 7) is 3.51. The molecule has 1 aliphatic heterocycles. The van der Waals surface area contributed by atoms with Crippen LogP contribution in [0.4, 0.5) is 0 Å². The van der Waals surface area contributed by atoms with Crippen LogP contribution in [0.5, 0.6) is 0 Å². The van der Waals surface area contributed by atoms with Gasteiger partial charge in [-0.15, -0.1) is 0 Å². The zero-order valence-electron chi connectivity index (χ0n) is 9.77. The van der Waals surface area contributed by atoms with Crippen molar-refractivity contribution in [3.8, 4) is 0 Å². The van der Waals surface area contributed by atoms with Crippen LogP contribution in [-0.2, 0) is 4.79 Å². The lowest BCUT2D eigenvalue weighted by molar-refractivity contribution is -0.141. The molecule has 1 heterocycles. The van der Waals surface area contributed by atoms with Gasteiger partial charge in [0.1, 0.15) is 0 Å². The first kappa shape index (κ1) is 12.4. The number of nitrogens with zero attached hydrogens (tertiary/aromatic N) is 1. The van der Waals surface area contributed by atoms with Crippen molar-refractivity contribution >= 4 is 17.6 Å². The standard InChI is InChI=1S/C13H16ClNO2/c1-9(11-4-2-3-5-12(11)14)15-7-6-10(8-15)13(16)17/h2-5,9-10H,6-8H2,1H3,(H,16,17)/t9-,10-/m0/s1. The zero-order valence-corrected chi connectivity index (χ0v) is 10.5. The lowest BCUT2D eigenvalue weighted by atomic mass is 10.1. The largest absolute Gasteiger partial charge is 0.481 e. The number of carboxylic acids is 1. The molecule has 2 rings (SSSR count). The van der Waals surface area contributed by atoms with Crippen molar-refractivity contribution < 1.29 is 9.90 Å². The number of carbonyl (C=O) groups is 1. The van der Waals surface area contributed by atoms with Crippen molar-refractivity contribution in [1.82, 2.24) is 4.90 Å². The van der Waals surface area contributed by atoms with E-state index in [0.717, 1.165) is 23.6 Å². The number of rotatable bonds is 3. The van der Waals surface area contributed by atoms with Crippen molar-refractivity contribution in [3.05, 3.63) is 34.9 Å². The number of hydrogen-bond acceptors (Lipinski definition) is 2. The van der Waals surface area contributed by atoms with E-state index >= 15 is 0 Å². The Morgan fingerprint density at radius 2 is 2.24 bits per heavy atom. The molecule has 0 aromatic heterocycles. The van der Waals surface area contributed by atoms with Crippen LogP contribution in [0.1, 0.15) is 24.9 Å². The van der Waals surface area contributed by atoms with Gasteiger partial charge in [-0.3, -0.25) is 9.69 Å². The van der Waals surface area contributed by atoms with E-state index in [1.165, 1.54) is 0 Å². The Kier molecular flexibility index (Phi) is 3.69. The molecule has 1 fully saturated rings. The molecule has 0 bridgehead atoms. The van der Waals surface area contributed by atoms with E-state index in [4.69, 9.17) is 16.7 Å².